The monoisotopic (exact) mass is 375 g/mol. The van der Waals surface area contributed by atoms with Gasteiger partial charge >= 0.3 is 0 Å². The molecular weight excluding hydrogens is 346 g/mol. The summed E-state index contributed by atoms with van der Waals surface area (Å²) in [6.07, 6.45) is 2.19. The normalized spacial score (nSPS) is 10.8. The first-order valence-electron chi connectivity index (χ1n) is 9.82. The third-order valence-corrected chi connectivity index (χ3v) is 5.05. The molecule has 0 aliphatic heterocycles. The van der Waals surface area contributed by atoms with Crippen LogP contribution in [0.25, 0.3) is 0 Å². The molecule has 3 aromatic carbocycles. The summed E-state index contributed by atoms with van der Waals surface area (Å²) in [7, 11) is 3.41. The summed E-state index contributed by atoms with van der Waals surface area (Å²) >= 11 is 0. The molecule has 0 atom stereocenters. The van der Waals surface area contributed by atoms with Gasteiger partial charge in [0.25, 0.3) is 0 Å². The first-order chi connectivity index (χ1) is 13.8. The van der Waals surface area contributed by atoms with Crippen LogP contribution in [0, 0.1) is 0 Å². The van der Waals surface area contributed by atoms with E-state index in [-0.39, 0.29) is 0 Å². The van der Waals surface area contributed by atoms with Gasteiger partial charge in [-0.1, -0.05) is 54.6 Å². The molecule has 0 saturated heterocycles. The lowest BCUT2D eigenvalue weighted by molar-refractivity contribution is 0.414. The van der Waals surface area contributed by atoms with Gasteiger partial charge in [-0.2, -0.15) is 0 Å². The van der Waals surface area contributed by atoms with Crippen molar-refractivity contribution in [1.29, 1.82) is 0 Å². The molecule has 1 N–H and O–H groups in total. The van der Waals surface area contributed by atoms with E-state index in [4.69, 9.17) is 9.47 Å². The molecule has 0 heterocycles. The molecule has 146 valence electrons. The van der Waals surface area contributed by atoms with E-state index in [2.05, 4.69) is 59.9 Å². The third kappa shape index (κ3) is 5.61. The van der Waals surface area contributed by atoms with Gasteiger partial charge in [-0.05, 0) is 60.3 Å². The minimum absolute atomic E-state index is 0.357. The van der Waals surface area contributed by atoms with Crippen molar-refractivity contribution in [2.75, 3.05) is 20.8 Å². The largest absolute Gasteiger partial charge is 0.497 e. The quantitative estimate of drug-likeness (QED) is 0.481. The topological polar surface area (TPSA) is 30.5 Å². The van der Waals surface area contributed by atoms with Crippen LogP contribution in [0.15, 0.2) is 78.9 Å². The molecule has 28 heavy (non-hydrogen) atoms. The Morgan fingerprint density at radius 2 is 1.25 bits per heavy atom. The first-order valence-corrected chi connectivity index (χ1v) is 9.82. The molecule has 0 unspecified atom stereocenters. The fourth-order valence-electron chi connectivity index (χ4n) is 3.46. The molecule has 0 saturated carbocycles. The van der Waals surface area contributed by atoms with E-state index in [0.29, 0.717) is 5.92 Å². The maximum atomic E-state index is 5.31. The molecule has 3 nitrogen and oxygen atoms in total. The summed E-state index contributed by atoms with van der Waals surface area (Å²) in [4.78, 5) is 0. The van der Waals surface area contributed by atoms with Crippen LogP contribution in [-0.4, -0.2) is 20.8 Å². The average Bonchev–Trinajstić information content (AvgIpc) is 2.77. The molecule has 0 aliphatic rings. The first kappa shape index (κ1) is 20.0. The number of methoxy groups -OCH3 is 2. The summed E-state index contributed by atoms with van der Waals surface area (Å²) in [5, 5.41) is 3.56. The SMILES string of the molecule is COc1ccc(C(CCCNCc2ccccc2)c2ccc(OC)cc2)cc1. The smallest absolute Gasteiger partial charge is 0.118 e. The van der Waals surface area contributed by atoms with Gasteiger partial charge < -0.3 is 14.8 Å². The highest BCUT2D eigenvalue weighted by Crippen LogP contribution is 2.31. The Labute approximate surface area is 168 Å². The lowest BCUT2D eigenvalue weighted by Crippen LogP contribution is -2.15. The summed E-state index contributed by atoms with van der Waals surface area (Å²) in [6.45, 7) is 1.91. The molecule has 3 aromatic rings. The summed E-state index contributed by atoms with van der Waals surface area (Å²) in [5.41, 5.74) is 3.95. The average molecular weight is 376 g/mol. The predicted molar refractivity (Wildman–Crippen MR) is 115 cm³/mol. The van der Waals surface area contributed by atoms with Crippen molar-refractivity contribution in [3.63, 3.8) is 0 Å². The fourth-order valence-corrected chi connectivity index (χ4v) is 3.46. The lowest BCUT2D eigenvalue weighted by atomic mass is 9.87. The van der Waals surface area contributed by atoms with Crippen molar-refractivity contribution in [3.8, 4) is 11.5 Å². The molecule has 0 radical (unpaired) electrons. The van der Waals surface area contributed by atoms with Crippen LogP contribution in [0.5, 0.6) is 11.5 Å². The van der Waals surface area contributed by atoms with E-state index in [1.165, 1.54) is 16.7 Å². The Morgan fingerprint density at radius 3 is 1.75 bits per heavy atom. The van der Waals surface area contributed by atoms with Crippen molar-refractivity contribution in [2.45, 2.75) is 25.3 Å². The maximum absolute atomic E-state index is 5.31. The molecule has 0 bridgehead atoms. The highest BCUT2D eigenvalue weighted by Gasteiger charge is 2.14. The second kappa shape index (κ2) is 10.5. The van der Waals surface area contributed by atoms with Gasteiger partial charge in [-0.25, -0.2) is 0 Å². The number of hydrogen-bond donors (Lipinski definition) is 1. The number of rotatable bonds is 10. The van der Waals surface area contributed by atoms with E-state index < -0.39 is 0 Å². The Bertz CT molecular complexity index is 766. The zero-order valence-electron chi connectivity index (χ0n) is 16.7. The van der Waals surface area contributed by atoms with Crippen LogP contribution < -0.4 is 14.8 Å². The van der Waals surface area contributed by atoms with Crippen molar-refractivity contribution in [3.05, 3.63) is 95.6 Å². The van der Waals surface area contributed by atoms with Crippen LogP contribution in [0.1, 0.15) is 35.4 Å². The van der Waals surface area contributed by atoms with Crippen LogP contribution in [0.2, 0.25) is 0 Å². The Hall–Kier alpha value is -2.78. The van der Waals surface area contributed by atoms with Crippen LogP contribution in [0.3, 0.4) is 0 Å². The van der Waals surface area contributed by atoms with E-state index in [1.54, 1.807) is 14.2 Å². The minimum atomic E-state index is 0.357. The Morgan fingerprint density at radius 1 is 0.714 bits per heavy atom. The van der Waals surface area contributed by atoms with Crippen molar-refractivity contribution >= 4 is 0 Å². The second-order valence-corrected chi connectivity index (χ2v) is 6.90. The highest BCUT2D eigenvalue weighted by molar-refractivity contribution is 5.38. The van der Waals surface area contributed by atoms with Crippen molar-refractivity contribution in [2.24, 2.45) is 0 Å². The van der Waals surface area contributed by atoms with Gasteiger partial charge in [0.2, 0.25) is 0 Å². The summed E-state index contributed by atoms with van der Waals surface area (Å²) in [6, 6.07) is 27.4. The number of nitrogens with one attached hydrogen (secondary N) is 1. The van der Waals surface area contributed by atoms with Crippen molar-refractivity contribution < 1.29 is 9.47 Å². The Kier molecular flexibility index (Phi) is 7.51. The van der Waals surface area contributed by atoms with E-state index in [0.717, 1.165) is 37.4 Å². The molecule has 0 aromatic heterocycles. The van der Waals surface area contributed by atoms with Gasteiger partial charge in [-0.3, -0.25) is 0 Å². The summed E-state index contributed by atoms with van der Waals surface area (Å²) < 4.78 is 10.6. The summed E-state index contributed by atoms with van der Waals surface area (Å²) in [5.74, 6) is 2.14. The number of ether oxygens (including phenoxy) is 2. The molecule has 0 spiro atoms. The Balaban J connectivity index is 1.63. The van der Waals surface area contributed by atoms with Gasteiger partial charge in [-0.15, -0.1) is 0 Å². The molecule has 0 amide bonds. The predicted octanol–water partition coefficient (Wildman–Crippen LogP) is 5.41. The molecule has 0 fully saturated rings. The second-order valence-electron chi connectivity index (χ2n) is 6.90. The third-order valence-electron chi connectivity index (χ3n) is 5.05. The van der Waals surface area contributed by atoms with E-state index in [1.807, 2.05) is 24.3 Å². The van der Waals surface area contributed by atoms with Crippen LogP contribution in [-0.2, 0) is 6.54 Å². The van der Waals surface area contributed by atoms with Crippen molar-refractivity contribution in [1.82, 2.24) is 5.32 Å². The van der Waals surface area contributed by atoms with Crippen LogP contribution in [0.4, 0.5) is 0 Å². The zero-order chi connectivity index (χ0) is 19.6. The molecular formula is C25H29NO2. The molecule has 3 rings (SSSR count). The van der Waals surface area contributed by atoms with Crippen LogP contribution >= 0.6 is 0 Å². The highest BCUT2D eigenvalue weighted by atomic mass is 16.5. The fraction of sp³-hybridized carbons (Fsp3) is 0.280. The molecule has 0 aliphatic carbocycles. The zero-order valence-corrected chi connectivity index (χ0v) is 16.7. The minimum Gasteiger partial charge on any atom is -0.497 e. The lowest BCUT2D eigenvalue weighted by Gasteiger charge is -2.19. The van der Waals surface area contributed by atoms with Gasteiger partial charge in [0.05, 0.1) is 14.2 Å². The van der Waals surface area contributed by atoms with E-state index in [9.17, 15) is 0 Å². The van der Waals surface area contributed by atoms with E-state index >= 15 is 0 Å². The number of benzene rings is 3. The van der Waals surface area contributed by atoms with Gasteiger partial charge in [0.1, 0.15) is 11.5 Å². The maximum Gasteiger partial charge on any atom is 0.118 e. The standard InChI is InChI=1S/C25H29NO2/c1-27-23-14-10-21(11-15-23)25(22-12-16-24(28-2)17-13-22)9-6-18-26-19-20-7-4-3-5-8-20/h3-5,7-8,10-17,25-26H,6,9,18-19H2,1-2H3. The van der Waals surface area contributed by atoms with Gasteiger partial charge in [0, 0.05) is 12.5 Å². The number of hydrogen-bond acceptors (Lipinski definition) is 3. The molecule has 3 heteroatoms. The van der Waals surface area contributed by atoms with Gasteiger partial charge in [0.15, 0.2) is 0 Å².